The summed E-state index contributed by atoms with van der Waals surface area (Å²) in [6, 6.07) is 14.8. The third-order valence-electron chi connectivity index (χ3n) is 9.59. The van der Waals surface area contributed by atoms with Gasteiger partial charge in [-0.3, -0.25) is 4.79 Å². The van der Waals surface area contributed by atoms with Gasteiger partial charge in [0.05, 0.1) is 36.1 Å². The summed E-state index contributed by atoms with van der Waals surface area (Å²) in [6.07, 6.45) is 16.4. The van der Waals surface area contributed by atoms with Crippen LogP contribution in [0, 0.1) is 15.0 Å². The molecule has 0 N–H and O–H groups in total. The highest BCUT2D eigenvalue weighted by Gasteiger charge is 2.59. The van der Waals surface area contributed by atoms with Gasteiger partial charge in [-0.1, -0.05) is 112 Å². The van der Waals surface area contributed by atoms with Gasteiger partial charge in [-0.05, 0) is 76.9 Å². The van der Waals surface area contributed by atoms with Gasteiger partial charge in [-0.25, -0.2) is 4.68 Å². The van der Waals surface area contributed by atoms with Crippen molar-refractivity contribution in [1.82, 2.24) is 19.9 Å². The van der Waals surface area contributed by atoms with Crippen molar-refractivity contribution in [2.45, 2.75) is 108 Å². The van der Waals surface area contributed by atoms with Gasteiger partial charge >= 0.3 is 0 Å². The zero-order chi connectivity index (χ0) is 33.4. The molecule has 7 nitrogen and oxygen atoms in total. The number of fused-ring (bicyclic) bond motifs is 1. The van der Waals surface area contributed by atoms with E-state index in [1.54, 1.807) is 25.3 Å². The summed E-state index contributed by atoms with van der Waals surface area (Å²) in [6.45, 7) is 2.74. The van der Waals surface area contributed by atoms with Crippen LogP contribution in [0.15, 0.2) is 48.2 Å². The number of benzene rings is 2. The van der Waals surface area contributed by atoms with E-state index in [-0.39, 0.29) is 11.9 Å². The average Bonchev–Trinajstić information content (AvgIpc) is 3.68. The predicted molar refractivity (Wildman–Crippen MR) is 196 cm³/mol. The molecule has 250 valence electrons. The van der Waals surface area contributed by atoms with Crippen LogP contribution in [0.4, 0.5) is 0 Å². The fourth-order valence-electron chi connectivity index (χ4n) is 7.26. The Hall–Kier alpha value is -2.61. The van der Waals surface area contributed by atoms with Gasteiger partial charge < -0.3 is 9.64 Å². The summed E-state index contributed by atoms with van der Waals surface area (Å²) in [5.74, 6) is 0.483. The Morgan fingerprint density at radius 1 is 0.979 bits per heavy atom. The number of nitriles is 1. The second-order valence-electron chi connectivity index (χ2n) is 12.9. The number of aryl methyl sites for hydroxylation is 1. The first-order valence-electron chi connectivity index (χ1n) is 17.0. The molecule has 1 saturated heterocycles. The van der Waals surface area contributed by atoms with Crippen LogP contribution in [-0.2, 0) is 22.4 Å². The summed E-state index contributed by atoms with van der Waals surface area (Å²) in [5, 5.41) is 19.5. The summed E-state index contributed by atoms with van der Waals surface area (Å²) in [7, 11) is 1.62. The van der Waals surface area contributed by atoms with Crippen LogP contribution in [0.5, 0.6) is 0 Å². The quantitative estimate of drug-likeness (QED) is 0.101. The van der Waals surface area contributed by atoms with E-state index in [0.717, 1.165) is 27.8 Å². The number of unbranched alkanes of at least 4 members (excludes halogenated alkanes) is 10. The van der Waals surface area contributed by atoms with Crippen molar-refractivity contribution < 1.29 is 9.53 Å². The van der Waals surface area contributed by atoms with Crippen LogP contribution in [0.1, 0.15) is 112 Å². The van der Waals surface area contributed by atoms with Crippen LogP contribution < -0.4 is 0 Å². The van der Waals surface area contributed by atoms with Crippen molar-refractivity contribution in [3.05, 3.63) is 84.4 Å². The number of ether oxygens (including phenoxy) is 1. The second kappa shape index (κ2) is 16.7. The summed E-state index contributed by atoms with van der Waals surface area (Å²) in [5.41, 5.74) is 2.99. The van der Waals surface area contributed by atoms with Crippen molar-refractivity contribution in [2.75, 3.05) is 13.7 Å². The number of carbonyl (C=O) groups excluding carboxylic acids is 1. The number of hydrogen-bond acceptors (Lipinski definition) is 5. The minimum atomic E-state index is -0.750. The highest BCUT2D eigenvalue weighted by molar-refractivity contribution is 14.1. The summed E-state index contributed by atoms with van der Waals surface area (Å²) >= 11 is 15.1. The highest BCUT2D eigenvalue weighted by Crippen LogP contribution is 2.52. The molecule has 1 amide bonds. The van der Waals surface area contributed by atoms with Crippen LogP contribution in [0.2, 0.25) is 10.0 Å². The van der Waals surface area contributed by atoms with Crippen molar-refractivity contribution in [3.63, 3.8) is 0 Å². The lowest BCUT2D eigenvalue weighted by Crippen LogP contribution is -2.45. The van der Waals surface area contributed by atoms with Crippen LogP contribution in [-0.4, -0.2) is 45.0 Å². The van der Waals surface area contributed by atoms with E-state index in [2.05, 4.69) is 45.9 Å². The lowest BCUT2D eigenvalue weighted by atomic mass is 9.85. The molecule has 2 aliphatic heterocycles. The Morgan fingerprint density at radius 2 is 1.60 bits per heavy atom. The highest BCUT2D eigenvalue weighted by atomic mass is 127. The van der Waals surface area contributed by atoms with Crippen LogP contribution >= 0.6 is 45.8 Å². The molecule has 1 fully saturated rings. The number of aromatic nitrogens is 3. The Balaban J connectivity index is 1.31. The van der Waals surface area contributed by atoms with Gasteiger partial charge in [0, 0.05) is 29.4 Å². The molecule has 0 bridgehead atoms. The third-order valence-corrected chi connectivity index (χ3v) is 11.1. The topological polar surface area (TPSA) is 84.0 Å². The van der Waals surface area contributed by atoms with Crippen LogP contribution in [0.3, 0.4) is 0 Å². The first-order valence-corrected chi connectivity index (χ1v) is 18.8. The molecule has 0 radical (unpaired) electrons. The zero-order valence-electron chi connectivity index (χ0n) is 27.4. The predicted octanol–water partition coefficient (Wildman–Crippen LogP) is 9.74. The number of amides is 1. The Labute approximate surface area is 302 Å². The fraction of sp³-hybridized carbons (Fsp3) is 0.514. The lowest BCUT2D eigenvalue weighted by molar-refractivity contribution is -0.126. The van der Waals surface area contributed by atoms with Gasteiger partial charge in [0.25, 0.3) is 5.91 Å². The van der Waals surface area contributed by atoms with E-state index >= 15 is 0 Å². The average molecular weight is 789 g/mol. The first kappa shape index (κ1) is 35.7. The molecule has 2 aromatic carbocycles. The number of methoxy groups -OCH3 is 1. The van der Waals surface area contributed by atoms with Gasteiger partial charge in [-0.2, -0.15) is 5.26 Å². The fourth-order valence-corrected chi connectivity index (χ4v) is 8.65. The van der Waals surface area contributed by atoms with Gasteiger partial charge in [0.2, 0.25) is 0 Å². The molecule has 3 aromatic rings. The molecule has 5 rings (SSSR count). The molecule has 3 heterocycles. The summed E-state index contributed by atoms with van der Waals surface area (Å²) in [4.78, 5) is 16.2. The van der Waals surface area contributed by atoms with Crippen molar-refractivity contribution in [2.24, 2.45) is 0 Å². The molecule has 10 heteroatoms. The van der Waals surface area contributed by atoms with Gasteiger partial charge in [-0.15, -0.1) is 5.10 Å². The first-order chi connectivity index (χ1) is 22.8. The number of hydrogen-bond donors (Lipinski definition) is 0. The van der Waals surface area contributed by atoms with E-state index in [4.69, 9.17) is 27.9 Å². The Kier molecular flexibility index (Phi) is 12.7. The number of halogens is 3. The molecular formula is C37H44Cl2IN5O2. The largest absolute Gasteiger partial charge is 0.498 e. The normalized spacial score (nSPS) is 19.0. The standard InChI is InChI=1S/C37H44Cl2IN5O2/c1-3-4-5-6-7-8-9-10-11-12-13-14-32-35(40)45(43-42-32)31-23-37(22-26-15-17-27(24-41)18-16-26)34(47-2)33(36(46)44(37)25-31)28-19-29(38)21-30(39)20-28/h15-21,31H,3-14,22-23,25H2,1-2H3/t31-,37-/m0/s1. The molecule has 0 unspecified atom stereocenters. The van der Waals surface area contributed by atoms with E-state index in [0.29, 0.717) is 51.9 Å². The molecule has 1 aromatic heterocycles. The van der Waals surface area contributed by atoms with Crippen molar-refractivity contribution in [1.29, 1.82) is 5.26 Å². The number of carbonyl (C=O) groups is 1. The molecule has 2 aliphatic rings. The number of nitrogens with zero attached hydrogens (tertiary/aromatic N) is 5. The molecule has 0 saturated carbocycles. The maximum Gasteiger partial charge on any atom is 0.258 e. The minimum Gasteiger partial charge on any atom is -0.498 e. The van der Waals surface area contributed by atoms with Gasteiger partial charge in [0.15, 0.2) is 0 Å². The molecule has 47 heavy (non-hydrogen) atoms. The van der Waals surface area contributed by atoms with E-state index in [9.17, 15) is 10.1 Å². The number of rotatable bonds is 17. The van der Waals surface area contributed by atoms with Crippen LogP contribution in [0.25, 0.3) is 5.57 Å². The minimum absolute atomic E-state index is 0.0718. The molecule has 2 atom stereocenters. The molecule has 0 aliphatic carbocycles. The Morgan fingerprint density at radius 3 is 2.19 bits per heavy atom. The molecular weight excluding hydrogens is 744 g/mol. The zero-order valence-corrected chi connectivity index (χ0v) is 31.1. The van der Waals surface area contributed by atoms with Crippen molar-refractivity contribution in [3.8, 4) is 6.07 Å². The summed E-state index contributed by atoms with van der Waals surface area (Å²) < 4.78 is 9.17. The monoisotopic (exact) mass is 787 g/mol. The van der Waals surface area contributed by atoms with E-state index in [1.165, 1.54) is 64.2 Å². The SMILES string of the molecule is CCCCCCCCCCCCCc1nnn([C@@H]2CN3C(=O)C(c4cc(Cl)cc(Cl)c4)=C(OC)[C@]3(Cc3ccc(C#N)cc3)C2)c1I. The van der Waals surface area contributed by atoms with Crippen molar-refractivity contribution >= 4 is 57.3 Å². The smallest absolute Gasteiger partial charge is 0.258 e. The van der Waals surface area contributed by atoms with Gasteiger partial charge in [0.1, 0.15) is 15.0 Å². The maximum atomic E-state index is 14.3. The molecule has 0 spiro atoms. The Bertz CT molecular complexity index is 1600. The lowest BCUT2D eigenvalue weighted by Gasteiger charge is -2.34. The third kappa shape index (κ3) is 8.17. The van der Waals surface area contributed by atoms with E-state index in [1.807, 2.05) is 33.8 Å². The maximum absolute atomic E-state index is 14.3. The second-order valence-corrected chi connectivity index (χ2v) is 14.8. The van der Waals surface area contributed by atoms with E-state index < -0.39 is 5.54 Å².